The van der Waals surface area contributed by atoms with Crippen LogP contribution in [0.5, 0.6) is 0 Å². The van der Waals surface area contributed by atoms with E-state index in [0.717, 1.165) is 5.69 Å². The molecule has 2 amide bonds. The van der Waals surface area contributed by atoms with Crippen LogP contribution in [0.15, 0.2) is 12.3 Å². The van der Waals surface area contributed by atoms with Crippen molar-refractivity contribution >= 4 is 12.0 Å². The van der Waals surface area contributed by atoms with E-state index in [9.17, 15) is 9.59 Å². The molecule has 114 valence electrons. The first-order chi connectivity index (χ1) is 9.97. The van der Waals surface area contributed by atoms with Gasteiger partial charge in [0.05, 0.1) is 18.2 Å². The third kappa shape index (κ3) is 3.90. The van der Waals surface area contributed by atoms with Crippen molar-refractivity contribution in [2.24, 2.45) is 5.92 Å². The molecule has 7 nitrogen and oxygen atoms in total. The number of carboxylic acids is 1. The zero-order valence-electron chi connectivity index (χ0n) is 12.2. The number of likely N-dealkylation sites (tertiary alicyclic amines) is 1. The molecule has 1 saturated heterocycles. The number of urea groups is 1. The molecular formula is C14H20N4O3. The Labute approximate surface area is 123 Å². The van der Waals surface area contributed by atoms with Crippen LogP contribution in [0.2, 0.25) is 0 Å². The molecule has 1 aromatic rings. The van der Waals surface area contributed by atoms with Gasteiger partial charge in [-0.15, -0.1) is 0 Å². The van der Waals surface area contributed by atoms with Gasteiger partial charge in [0, 0.05) is 18.8 Å². The number of carbonyl (C=O) groups is 2. The summed E-state index contributed by atoms with van der Waals surface area (Å²) in [5, 5.41) is 11.8. The lowest BCUT2D eigenvalue weighted by Crippen LogP contribution is -2.50. The fraction of sp³-hybridized carbons (Fsp3) is 0.571. The molecule has 0 aliphatic carbocycles. The lowest BCUT2D eigenvalue weighted by Gasteiger charge is -2.36. The van der Waals surface area contributed by atoms with E-state index >= 15 is 0 Å². The molecule has 0 bridgehead atoms. The first-order valence-corrected chi connectivity index (χ1v) is 7.03. The van der Waals surface area contributed by atoms with Gasteiger partial charge in [0.25, 0.3) is 0 Å². The van der Waals surface area contributed by atoms with Crippen molar-refractivity contribution < 1.29 is 14.7 Å². The molecule has 2 unspecified atom stereocenters. The van der Waals surface area contributed by atoms with Gasteiger partial charge in [-0.3, -0.25) is 4.79 Å². The number of aromatic nitrogens is 2. The maximum Gasteiger partial charge on any atom is 0.317 e. The van der Waals surface area contributed by atoms with Crippen molar-refractivity contribution in [3.05, 3.63) is 23.8 Å². The number of piperidine rings is 1. The monoisotopic (exact) mass is 292 g/mol. The summed E-state index contributed by atoms with van der Waals surface area (Å²) in [5.74, 6) is -0.468. The Kier molecular flexibility index (Phi) is 4.72. The van der Waals surface area contributed by atoms with Crippen molar-refractivity contribution in [1.82, 2.24) is 20.2 Å². The van der Waals surface area contributed by atoms with Crippen molar-refractivity contribution in [2.45, 2.75) is 39.3 Å². The Bertz CT molecular complexity index is 535. The summed E-state index contributed by atoms with van der Waals surface area (Å²) >= 11 is 0. The van der Waals surface area contributed by atoms with Crippen LogP contribution >= 0.6 is 0 Å². The van der Waals surface area contributed by atoms with Gasteiger partial charge >= 0.3 is 12.0 Å². The van der Waals surface area contributed by atoms with Crippen LogP contribution in [0, 0.1) is 12.8 Å². The Morgan fingerprint density at radius 2 is 2.29 bits per heavy atom. The summed E-state index contributed by atoms with van der Waals surface area (Å²) in [6.45, 7) is 4.48. The van der Waals surface area contributed by atoms with Crippen molar-refractivity contribution in [1.29, 1.82) is 0 Å². The molecule has 0 spiro atoms. The molecule has 0 aromatic carbocycles. The summed E-state index contributed by atoms with van der Waals surface area (Å²) < 4.78 is 0. The standard InChI is InChI=1S/C14H20N4O3/c1-9-7-11(13(19)20)4-6-18(9)14(21)16-8-12-3-5-15-10(2)17-12/h3,5,9,11H,4,6-8H2,1-2H3,(H,16,21)(H,19,20). The second-order valence-corrected chi connectivity index (χ2v) is 5.36. The number of hydrogen-bond acceptors (Lipinski definition) is 4. The number of carboxylic acid groups (broad SMARTS) is 1. The number of rotatable bonds is 3. The van der Waals surface area contributed by atoms with Gasteiger partial charge in [-0.25, -0.2) is 14.8 Å². The van der Waals surface area contributed by atoms with E-state index in [2.05, 4.69) is 15.3 Å². The maximum absolute atomic E-state index is 12.2. The molecule has 2 rings (SSSR count). The van der Waals surface area contributed by atoms with E-state index in [-0.39, 0.29) is 18.0 Å². The minimum Gasteiger partial charge on any atom is -0.481 e. The predicted molar refractivity (Wildman–Crippen MR) is 75.5 cm³/mol. The fourth-order valence-electron chi connectivity index (χ4n) is 2.57. The number of aliphatic carboxylic acids is 1. The predicted octanol–water partition coefficient (Wildman–Crippen LogP) is 1.18. The second-order valence-electron chi connectivity index (χ2n) is 5.36. The summed E-state index contributed by atoms with van der Waals surface area (Å²) in [6, 6.07) is 1.50. The molecule has 1 aliphatic rings. The second kappa shape index (κ2) is 6.51. The Hall–Kier alpha value is -2.18. The number of nitrogens with zero attached hydrogens (tertiary/aromatic N) is 3. The van der Waals surface area contributed by atoms with E-state index < -0.39 is 5.97 Å². The molecule has 1 aromatic heterocycles. The summed E-state index contributed by atoms with van der Waals surface area (Å²) in [6.07, 6.45) is 2.65. The number of aryl methyl sites for hydroxylation is 1. The largest absolute Gasteiger partial charge is 0.481 e. The lowest BCUT2D eigenvalue weighted by molar-refractivity contribution is -0.143. The normalized spacial score (nSPS) is 21.9. The fourth-order valence-corrected chi connectivity index (χ4v) is 2.57. The Morgan fingerprint density at radius 1 is 1.52 bits per heavy atom. The van der Waals surface area contributed by atoms with Gasteiger partial charge in [-0.1, -0.05) is 0 Å². The number of carbonyl (C=O) groups excluding carboxylic acids is 1. The zero-order chi connectivity index (χ0) is 15.4. The van der Waals surface area contributed by atoms with Gasteiger partial charge in [0.15, 0.2) is 0 Å². The van der Waals surface area contributed by atoms with Crippen molar-refractivity contribution in [3.63, 3.8) is 0 Å². The van der Waals surface area contributed by atoms with Gasteiger partial charge < -0.3 is 15.3 Å². The quantitative estimate of drug-likeness (QED) is 0.872. The molecule has 0 radical (unpaired) electrons. The smallest absolute Gasteiger partial charge is 0.317 e. The molecule has 2 N–H and O–H groups in total. The molecule has 0 saturated carbocycles. The maximum atomic E-state index is 12.2. The molecule has 7 heteroatoms. The highest BCUT2D eigenvalue weighted by Gasteiger charge is 2.32. The van der Waals surface area contributed by atoms with Crippen molar-refractivity contribution in [3.8, 4) is 0 Å². The van der Waals surface area contributed by atoms with Crippen LogP contribution in [-0.2, 0) is 11.3 Å². The molecule has 2 heterocycles. The van der Waals surface area contributed by atoms with Crippen LogP contribution in [0.1, 0.15) is 31.3 Å². The average Bonchev–Trinajstić information content (AvgIpc) is 2.44. The van der Waals surface area contributed by atoms with E-state index in [0.29, 0.717) is 31.8 Å². The van der Waals surface area contributed by atoms with Crippen LogP contribution in [0.3, 0.4) is 0 Å². The summed E-state index contributed by atoms with van der Waals surface area (Å²) in [7, 11) is 0. The number of nitrogens with one attached hydrogen (secondary N) is 1. The third-order valence-corrected chi connectivity index (χ3v) is 3.74. The summed E-state index contributed by atoms with van der Waals surface area (Å²) in [4.78, 5) is 33.1. The first-order valence-electron chi connectivity index (χ1n) is 7.03. The van der Waals surface area contributed by atoms with Gasteiger partial charge in [-0.05, 0) is 32.8 Å². The lowest BCUT2D eigenvalue weighted by atomic mass is 9.92. The first kappa shape index (κ1) is 15.2. The van der Waals surface area contributed by atoms with Crippen molar-refractivity contribution in [2.75, 3.05) is 6.54 Å². The Balaban J connectivity index is 1.88. The zero-order valence-corrected chi connectivity index (χ0v) is 12.2. The Morgan fingerprint density at radius 3 is 2.90 bits per heavy atom. The number of hydrogen-bond donors (Lipinski definition) is 2. The van der Waals surface area contributed by atoms with E-state index in [1.165, 1.54) is 0 Å². The minimum atomic E-state index is -0.779. The molecule has 1 aliphatic heterocycles. The molecule has 21 heavy (non-hydrogen) atoms. The topological polar surface area (TPSA) is 95.4 Å². The SMILES string of the molecule is Cc1nccc(CNC(=O)N2CCC(C(=O)O)CC2C)n1. The highest BCUT2D eigenvalue weighted by molar-refractivity contribution is 5.75. The van der Waals surface area contributed by atoms with E-state index in [1.807, 2.05) is 6.92 Å². The number of amides is 2. The van der Waals surface area contributed by atoms with Gasteiger partial charge in [0.1, 0.15) is 5.82 Å². The van der Waals surface area contributed by atoms with E-state index in [4.69, 9.17) is 5.11 Å². The average molecular weight is 292 g/mol. The highest BCUT2D eigenvalue weighted by atomic mass is 16.4. The van der Waals surface area contributed by atoms with Gasteiger partial charge in [-0.2, -0.15) is 0 Å². The summed E-state index contributed by atoms with van der Waals surface area (Å²) in [5.41, 5.74) is 0.754. The third-order valence-electron chi connectivity index (χ3n) is 3.74. The van der Waals surface area contributed by atoms with Crippen LogP contribution in [0.25, 0.3) is 0 Å². The van der Waals surface area contributed by atoms with E-state index in [1.54, 1.807) is 24.1 Å². The molecular weight excluding hydrogens is 272 g/mol. The molecule has 2 atom stereocenters. The van der Waals surface area contributed by atoms with Crippen LogP contribution in [0.4, 0.5) is 4.79 Å². The minimum absolute atomic E-state index is 0.0769. The van der Waals surface area contributed by atoms with Gasteiger partial charge in [0.2, 0.25) is 0 Å². The molecule has 1 fully saturated rings. The highest BCUT2D eigenvalue weighted by Crippen LogP contribution is 2.22. The van der Waals surface area contributed by atoms with Crippen LogP contribution < -0.4 is 5.32 Å². The van der Waals surface area contributed by atoms with Crippen LogP contribution in [-0.4, -0.2) is 44.6 Å².